The molecule has 21 heavy (non-hydrogen) atoms. The van der Waals surface area contributed by atoms with Crippen molar-refractivity contribution in [2.75, 3.05) is 0 Å². The summed E-state index contributed by atoms with van der Waals surface area (Å²) in [4.78, 5) is 0.528. The Morgan fingerprint density at radius 3 is 2.19 bits per heavy atom. The van der Waals surface area contributed by atoms with Crippen LogP contribution in [0.1, 0.15) is 56.4 Å². The molecule has 1 N–H and O–H groups in total. The summed E-state index contributed by atoms with van der Waals surface area (Å²) < 4.78 is 21.0. The number of fused-ring (bicyclic) bond motifs is 1. The fraction of sp³-hybridized carbons (Fsp3) is 0.444. The second kappa shape index (κ2) is 6.71. The molecule has 1 fully saturated rings. The SMILES string of the molecule is O=S(O)c1cccc2c(C3CCCCCCC3)cccc12. The van der Waals surface area contributed by atoms with Gasteiger partial charge in [-0.1, -0.05) is 62.4 Å². The molecule has 1 saturated carbocycles. The first-order chi connectivity index (χ1) is 10.3. The quantitative estimate of drug-likeness (QED) is 0.769. The Morgan fingerprint density at radius 2 is 1.48 bits per heavy atom. The third kappa shape index (κ3) is 3.19. The molecule has 1 atom stereocenters. The van der Waals surface area contributed by atoms with Crippen LogP contribution in [-0.2, 0) is 11.1 Å². The Labute approximate surface area is 128 Å². The normalized spacial score (nSPS) is 19.1. The molecule has 0 saturated heterocycles. The van der Waals surface area contributed by atoms with Crippen LogP contribution in [0.15, 0.2) is 41.3 Å². The number of hydrogen-bond acceptors (Lipinski definition) is 1. The van der Waals surface area contributed by atoms with E-state index in [0.717, 1.165) is 10.8 Å². The van der Waals surface area contributed by atoms with E-state index in [0.29, 0.717) is 10.8 Å². The second-order valence-electron chi connectivity index (χ2n) is 5.99. The van der Waals surface area contributed by atoms with E-state index in [-0.39, 0.29) is 0 Å². The maximum Gasteiger partial charge on any atom is 0.187 e. The molecule has 2 aromatic carbocycles. The highest BCUT2D eigenvalue weighted by molar-refractivity contribution is 7.79. The van der Waals surface area contributed by atoms with Crippen molar-refractivity contribution in [3.63, 3.8) is 0 Å². The van der Waals surface area contributed by atoms with E-state index in [1.807, 2.05) is 18.2 Å². The van der Waals surface area contributed by atoms with E-state index in [4.69, 9.17) is 0 Å². The van der Waals surface area contributed by atoms with Crippen LogP contribution in [0.4, 0.5) is 0 Å². The predicted octanol–water partition coefficient (Wildman–Crippen LogP) is 5.25. The Morgan fingerprint density at radius 1 is 0.857 bits per heavy atom. The molecule has 0 amide bonds. The Hall–Kier alpha value is -1.19. The summed E-state index contributed by atoms with van der Waals surface area (Å²) in [7, 11) is 0. The van der Waals surface area contributed by atoms with E-state index in [9.17, 15) is 8.76 Å². The van der Waals surface area contributed by atoms with Gasteiger partial charge in [0.1, 0.15) is 0 Å². The van der Waals surface area contributed by atoms with Crippen LogP contribution < -0.4 is 0 Å². The van der Waals surface area contributed by atoms with Gasteiger partial charge in [0, 0.05) is 5.39 Å². The second-order valence-corrected chi connectivity index (χ2v) is 6.93. The van der Waals surface area contributed by atoms with Crippen LogP contribution in [0, 0.1) is 0 Å². The van der Waals surface area contributed by atoms with Crippen LogP contribution in [0.3, 0.4) is 0 Å². The average Bonchev–Trinajstić information content (AvgIpc) is 2.46. The van der Waals surface area contributed by atoms with Crippen molar-refractivity contribution in [3.05, 3.63) is 42.0 Å². The number of rotatable bonds is 2. The molecule has 1 aliphatic rings. The fourth-order valence-electron chi connectivity index (χ4n) is 3.58. The zero-order chi connectivity index (χ0) is 14.7. The molecule has 0 heterocycles. The minimum absolute atomic E-state index is 0.528. The molecular formula is C18H22O2S. The summed E-state index contributed by atoms with van der Waals surface area (Å²) in [6.07, 6.45) is 9.13. The van der Waals surface area contributed by atoms with Crippen LogP contribution in [0.5, 0.6) is 0 Å². The van der Waals surface area contributed by atoms with E-state index >= 15 is 0 Å². The third-order valence-electron chi connectivity index (χ3n) is 4.65. The maximum absolute atomic E-state index is 11.5. The average molecular weight is 302 g/mol. The van der Waals surface area contributed by atoms with Gasteiger partial charge >= 0.3 is 0 Å². The first-order valence-electron chi connectivity index (χ1n) is 7.90. The van der Waals surface area contributed by atoms with Crippen molar-refractivity contribution in [3.8, 4) is 0 Å². The highest BCUT2D eigenvalue weighted by Gasteiger charge is 2.17. The molecule has 0 radical (unpaired) electrons. The summed E-state index contributed by atoms with van der Waals surface area (Å²) in [5.41, 5.74) is 1.36. The molecule has 0 spiro atoms. The van der Waals surface area contributed by atoms with E-state index in [2.05, 4.69) is 12.1 Å². The summed E-state index contributed by atoms with van der Waals surface area (Å²) in [6.45, 7) is 0. The highest BCUT2D eigenvalue weighted by atomic mass is 32.2. The van der Waals surface area contributed by atoms with Crippen LogP contribution in [0.2, 0.25) is 0 Å². The highest BCUT2D eigenvalue weighted by Crippen LogP contribution is 2.36. The van der Waals surface area contributed by atoms with Crippen molar-refractivity contribution < 1.29 is 8.76 Å². The van der Waals surface area contributed by atoms with Crippen molar-refractivity contribution in [2.45, 2.75) is 55.8 Å². The monoisotopic (exact) mass is 302 g/mol. The zero-order valence-corrected chi connectivity index (χ0v) is 13.1. The van der Waals surface area contributed by atoms with Gasteiger partial charge in [0.15, 0.2) is 11.1 Å². The lowest BCUT2D eigenvalue weighted by Crippen LogP contribution is -2.03. The van der Waals surface area contributed by atoms with E-state index < -0.39 is 11.1 Å². The van der Waals surface area contributed by atoms with Crippen molar-refractivity contribution in [1.29, 1.82) is 0 Å². The van der Waals surface area contributed by atoms with E-state index in [1.165, 1.54) is 50.5 Å². The molecular weight excluding hydrogens is 280 g/mol. The smallest absolute Gasteiger partial charge is 0.187 e. The fourth-order valence-corrected chi connectivity index (χ4v) is 4.14. The van der Waals surface area contributed by atoms with Gasteiger partial charge in [-0.05, 0) is 35.8 Å². The zero-order valence-electron chi connectivity index (χ0n) is 12.3. The largest absolute Gasteiger partial charge is 0.302 e. The molecule has 1 unspecified atom stereocenters. The molecule has 1 aliphatic carbocycles. The van der Waals surface area contributed by atoms with Crippen molar-refractivity contribution >= 4 is 21.9 Å². The Balaban J connectivity index is 2.05. The minimum Gasteiger partial charge on any atom is -0.302 e. The molecule has 112 valence electrons. The number of benzene rings is 2. The lowest BCUT2D eigenvalue weighted by atomic mass is 9.84. The van der Waals surface area contributed by atoms with Crippen molar-refractivity contribution in [2.24, 2.45) is 0 Å². The lowest BCUT2D eigenvalue weighted by molar-refractivity contribution is 0.457. The molecule has 0 aromatic heterocycles. The van der Waals surface area contributed by atoms with Crippen molar-refractivity contribution in [1.82, 2.24) is 0 Å². The first-order valence-corrected chi connectivity index (χ1v) is 9.00. The molecule has 3 heteroatoms. The summed E-state index contributed by atoms with van der Waals surface area (Å²) >= 11 is -1.92. The maximum atomic E-state index is 11.5. The van der Waals surface area contributed by atoms with Gasteiger partial charge in [-0.2, -0.15) is 0 Å². The first kappa shape index (κ1) is 14.7. The Bertz CT molecular complexity index is 643. The topological polar surface area (TPSA) is 37.3 Å². The van der Waals surface area contributed by atoms with Gasteiger partial charge in [-0.25, -0.2) is 4.21 Å². The van der Waals surface area contributed by atoms with Crippen LogP contribution in [0.25, 0.3) is 10.8 Å². The predicted molar refractivity (Wildman–Crippen MR) is 88.0 cm³/mol. The lowest BCUT2D eigenvalue weighted by Gasteiger charge is -2.22. The standard InChI is InChI=1S/C18H22O2S/c19-21(20)18-13-7-11-16-15(10-6-12-17(16)18)14-8-4-2-1-3-5-9-14/h6-7,10-14H,1-5,8-9H2,(H,19,20). The molecule has 2 nitrogen and oxygen atoms in total. The van der Waals surface area contributed by atoms with Gasteiger partial charge in [0.05, 0.1) is 4.90 Å². The summed E-state index contributed by atoms with van der Waals surface area (Å²) in [6, 6.07) is 12.0. The van der Waals surface area contributed by atoms with Crippen LogP contribution in [-0.4, -0.2) is 8.76 Å². The molecule has 3 rings (SSSR count). The summed E-state index contributed by atoms with van der Waals surface area (Å²) in [5, 5.41) is 2.08. The third-order valence-corrected chi connectivity index (χ3v) is 5.38. The van der Waals surface area contributed by atoms with Gasteiger partial charge < -0.3 is 4.55 Å². The molecule has 0 aliphatic heterocycles. The van der Waals surface area contributed by atoms with Gasteiger partial charge in [-0.15, -0.1) is 0 Å². The molecule has 0 bridgehead atoms. The van der Waals surface area contributed by atoms with Gasteiger partial charge in [0.2, 0.25) is 0 Å². The van der Waals surface area contributed by atoms with Gasteiger partial charge in [-0.3, -0.25) is 0 Å². The number of hydrogen-bond donors (Lipinski definition) is 1. The summed E-state index contributed by atoms with van der Waals surface area (Å²) in [5.74, 6) is 0.594. The molecule has 2 aromatic rings. The van der Waals surface area contributed by atoms with Gasteiger partial charge in [0.25, 0.3) is 0 Å². The van der Waals surface area contributed by atoms with Crippen LogP contribution >= 0.6 is 0 Å². The van der Waals surface area contributed by atoms with E-state index in [1.54, 1.807) is 6.07 Å². The minimum atomic E-state index is -1.92. The Kier molecular flexibility index (Phi) is 4.71.